The molecule has 1 atom stereocenters. The van der Waals surface area contributed by atoms with Crippen molar-refractivity contribution >= 4 is 21.8 Å². The number of amides is 2. The van der Waals surface area contributed by atoms with Gasteiger partial charge in [0.05, 0.1) is 4.90 Å². The Bertz CT molecular complexity index is 810. The highest BCUT2D eigenvalue weighted by atomic mass is 32.2. The van der Waals surface area contributed by atoms with Crippen LogP contribution in [-0.4, -0.2) is 62.2 Å². The zero-order valence-electron chi connectivity index (χ0n) is 16.6. The predicted octanol–water partition coefficient (Wildman–Crippen LogP) is 1.56. The summed E-state index contributed by atoms with van der Waals surface area (Å²) in [6.45, 7) is 6.61. The highest BCUT2D eigenvalue weighted by molar-refractivity contribution is 7.89. The van der Waals surface area contributed by atoms with Gasteiger partial charge >= 0.3 is 0 Å². The van der Waals surface area contributed by atoms with Gasteiger partial charge in [0.15, 0.2) is 0 Å². The summed E-state index contributed by atoms with van der Waals surface area (Å²) in [5.41, 5.74) is 0.973. The summed E-state index contributed by atoms with van der Waals surface area (Å²) in [5.74, 6) is 0.169. The molecule has 3 rings (SSSR count). The Labute approximate surface area is 167 Å². The van der Waals surface area contributed by atoms with Crippen molar-refractivity contribution in [2.45, 2.75) is 43.9 Å². The van der Waals surface area contributed by atoms with E-state index in [1.165, 1.54) is 4.31 Å². The fourth-order valence-electron chi connectivity index (χ4n) is 4.04. The van der Waals surface area contributed by atoms with Crippen LogP contribution in [0.15, 0.2) is 29.2 Å². The molecule has 0 saturated carbocycles. The van der Waals surface area contributed by atoms with Crippen molar-refractivity contribution < 1.29 is 18.0 Å². The smallest absolute Gasteiger partial charge is 0.243 e. The second-order valence-electron chi connectivity index (χ2n) is 7.46. The Hall–Kier alpha value is -1.93. The van der Waals surface area contributed by atoms with E-state index in [0.29, 0.717) is 52.0 Å². The zero-order valence-corrected chi connectivity index (χ0v) is 17.4. The van der Waals surface area contributed by atoms with E-state index >= 15 is 0 Å². The minimum Gasteiger partial charge on any atom is -0.355 e. The first-order valence-corrected chi connectivity index (χ1v) is 11.5. The van der Waals surface area contributed by atoms with Crippen LogP contribution in [0.25, 0.3) is 0 Å². The van der Waals surface area contributed by atoms with Crippen LogP contribution < -0.4 is 5.32 Å². The maximum atomic E-state index is 13.0. The van der Waals surface area contributed by atoms with Crippen LogP contribution in [0, 0.1) is 5.92 Å². The summed E-state index contributed by atoms with van der Waals surface area (Å²) in [6, 6.07) is 6.85. The molecule has 2 aliphatic heterocycles. The zero-order chi connectivity index (χ0) is 20.3. The lowest BCUT2D eigenvalue weighted by molar-refractivity contribution is -0.136. The van der Waals surface area contributed by atoms with Crippen LogP contribution in [0.1, 0.15) is 44.6 Å². The highest BCUT2D eigenvalue weighted by Gasteiger charge is 2.33. The first kappa shape index (κ1) is 20.8. The van der Waals surface area contributed by atoms with E-state index in [1.807, 2.05) is 18.7 Å². The second kappa shape index (κ2) is 8.61. The number of carbonyl (C=O) groups excluding carboxylic acids is 2. The van der Waals surface area contributed by atoms with Gasteiger partial charge in [-0.2, -0.15) is 4.31 Å². The predicted molar refractivity (Wildman–Crippen MR) is 106 cm³/mol. The lowest BCUT2D eigenvalue weighted by Gasteiger charge is -2.33. The van der Waals surface area contributed by atoms with E-state index in [0.717, 1.165) is 5.56 Å². The fraction of sp³-hybridized carbons (Fsp3) is 0.600. The maximum absolute atomic E-state index is 13.0. The van der Waals surface area contributed by atoms with Crippen LogP contribution in [0.3, 0.4) is 0 Å². The van der Waals surface area contributed by atoms with Crippen molar-refractivity contribution in [3.05, 3.63) is 29.8 Å². The lowest BCUT2D eigenvalue weighted by atomic mass is 9.96. The van der Waals surface area contributed by atoms with Gasteiger partial charge in [-0.05, 0) is 44.4 Å². The number of benzene rings is 1. The van der Waals surface area contributed by atoms with Gasteiger partial charge in [-0.15, -0.1) is 0 Å². The molecule has 1 N–H and O–H groups in total. The monoisotopic (exact) mass is 407 g/mol. The molecule has 0 bridgehead atoms. The van der Waals surface area contributed by atoms with Crippen LogP contribution in [-0.2, 0) is 19.6 Å². The first-order valence-electron chi connectivity index (χ1n) is 10.0. The molecule has 2 fully saturated rings. The number of rotatable bonds is 6. The van der Waals surface area contributed by atoms with E-state index in [1.54, 1.807) is 24.3 Å². The minimum atomic E-state index is -3.57. The molecule has 0 spiro atoms. The van der Waals surface area contributed by atoms with Gasteiger partial charge in [-0.25, -0.2) is 8.42 Å². The summed E-state index contributed by atoms with van der Waals surface area (Å²) >= 11 is 0. The molecule has 7 nitrogen and oxygen atoms in total. The number of hydrogen-bond donors (Lipinski definition) is 1. The van der Waals surface area contributed by atoms with Gasteiger partial charge in [-0.3, -0.25) is 9.59 Å². The molecule has 8 heteroatoms. The Morgan fingerprint density at radius 3 is 2.25 bits per heavy atom. The molecular weight excluding hydrogens is 378 g/mol. The normalized spacial score (nSPS) is 21.5. The SMILES string of the molecule is CCN(CC)C(=O)C1CCN(S(=O)(=O)c2ccc([C@H]3CNC(=O)C3)cc2)CC1. The van der Waals surface area contributed by atoms with Crippen molar-refractivity contribution in [1.82, 2.24) is 14.5 Å². The van der Waals surface area contributed by atoms with E-state index in [9.17, 15) is 18.0 Å². The standard InChI is InChI=1S/C20H29N3O4S/c1-3-22(4-2)20(25)16-9-11-23(12-10-16)28(26,27)18-7-5-15(6-8-18)17-13-19(24)21-14-17/h5-8,16-17H,3-4,9-14H2,1-2H3,(H,21,24)/t17-/m1/s1. The summed E-state index contributed by atoms with van der Waals surface area (Å²) < 4.78 is 27.4. The molecule has 1 aromatic rings. The van der Waals surface area contributed by atoms with Crippen molar-refractivity contribution in [2.75, 3.05) is 32.7 Å². The molecule has 2 heterocycles. The van der Waals surface area contributed by atoms with Gasteiger partial charge in [0.1, 0.15) is 0 Å². The molecule has 2 saturated heterocycles. The van der Waals surface area contributed by atoms with Gasteiger partial charge in [0, 0.05) is 51.0 Å². The van der Waals surface area contributed by atoms with E-state index in [-0.39, 0.29) is 28.5 Å². The van der Waals surface area contributed by atoms with Gasteiger partial charge in [0.25, 0.3) is 0 Å². The Morgan fingerprint density at radius 1 is 1.14 bits per heavy atom. The van der Waals surface area contributed by atoms with Crippen molar-refractivity contribution in [3.8, 4) is 0 Å². The van der Waals surface area contributed by atoms with E-state index < -0.39 is 10.0 Å². The summed E-state index contributed by atoms with van der Waals surface area (Å²) in [4.78, 5) is 26.0. The average molecular weight is 408 g/mol. The van der Waals surface area contributed by atoms with Gasteiger partial charge in [0.2, 0.25) is 21.8 Å². The van der Waals surface area contributed by atoms with E-state index in [2.05, 4.69) is 5.32 Å². The molecule has 2 amide bonds. The minimum absolute atomic E-state index is 0.0313. The summed E-state index contributed by atoms with van der Waals surface area (Å²) in [7, 11) is -3.57. The molecule has 0 unspecified atom stereocenters. The van der Waals surface area contributed by atoms with Crippen LogP contribution >= 0.6 is 0 Å². The molecular formula is C20H29N3O4S. The third-order valence-corrected chi connectivity index (χ3v) is 7.76. The van der Waals surface area contributed by atoms with Crippen LogP contribution in [0.4, 0.5) is 0 Å². The Balaban J connectivity index is 1.64. The Kier molecular flexibility index (Phi) is 6.40. The Morgan fingerprint density at radius 2 is 1.75 bits per heavy atom. The number of hydrogen-bond acceptors (Lipinski definition) is 4. The second-order valence-corrected chi connectivity index (χ2v) is 9.40. The quantitative estimate of drug-likeness (QED) is 0.775. The van der Waals surface area contributed by atoms with Crippen LogP contribution in [0.2, 0.25) is 0 Å². The number of carbonyl (C=O) groups is 2. The molecule has 2 aliphatic rings. The number of piperidine rings is 1. The lowest BCUT2D eigenvalue weighted by Crippen LogP contribution is -2.44. The summed E-state index contributed by atoms with van der Waals surface area (Å²) in [5, 5.41) is 2.80. The molecule has 0 aromatic heterocycles. The fourth-order valence-corrected chi connectivity index (χ4v) is 5.51. The largest absolute Gasteiger partial charge is 0.355 e. The van der Waals surface area contributed by atoms with Crippen molar-refractivity contribution in [3.63, 3.8) is 0 Å². The van der Waals surface area contributed by atoms with Crippen molar-refractivity contribution in [1.29, 1.82) is 0 Å². The average Bonchev–Trinajstić information content (AvgIpc) is 3.15. The third kappa shape index (κ3) is 4.22. The first-order chi connectivity index (χ1) is 13.4. The molecule has 1 aromatic carbocycles. The van der Waals surface area contributed by atoms with Crippen molar-refractivity contribution in [2.24, 2.45) is 5.92 Å². The topological polar surface area (TPSA) is 86.8 Å². The van der Waals surface area contributed by atoms with Gasteiger partial charge < -0.3 is 10.2 Å². The molecule has 0 aliphatic carbocycles. The molecule has 0 radical (unpaired) electrons. The van der Waals surface area contributed by atoms with E-state index in [4.69, 9.17) is 0 Å². The number of sulfonamides is 1. The molecule has 154 valence electrons. The third-order valence-electron chi connectivity index (χ3n) is 5.84. The van der Waals surface area contributed by atoms with Gasteiger partial charge in [-0.1, -0.05) is 12.1 Å². The highest BCUT2D eigenvalue weighted by Crippen LogP contribution is 2.28. The number of nitrogens with one attached hydrogen (secondary N) is 1. The summed E-state index contributed by atoms with van der Waals surface area (Å²) in [6.07, 6.45) is 1.56. The van der Waals surface area contributed by atoms with Crippen LogP contribution in [0.5, 0.6) is 0 Å². The number of nitrogens with zero attached hydrogens (tertiary/aromatic N) is 2. The maximum Gasteiger partial charge on any atom is 0.243 e. The molecule has 28 heavy (non-hydrogen) atoms.